The molecule has 5 unspecified atom stereocenters. The fourth-order valence-electron chi connectivity index (χ4n) is 8.89. The fraction of sp³-hybridized carbons (Fsp3) is 0.640. The number of aliphatic hydroxyl groups excluding tert-OH is 1. The Labute approximate surface area is 440 Å². The number of nitrogens with two attached hydrogens (primary N) is 3. The number of carboxylic acid groups (broad SMARTS) is 1. The van der Waals surface area contributed by atoms with Crippen LogP contribution in [0.15, 0.2) is 24.3 Å². The van der Waals surface area contributed by atoms with Gasteiger partial charge in [0, 0.05) is 31.8 Å². The molecule has 2 aliphatic rings. The molecule has 1 aromatic carbocycles. The number of phenolic OH excluding ortho intramolecular Hbond substituents is 1. The molecule has 0 spiro atoms. The predicted octanol–water partition coefficient (Wildman–Crippen LogP) is -2.24. The maximum absolute atomic E-state index is 14.3. The monoisotopic (exact) mass is 1070 g/mol. The van der Waals surface area contributed by atoms with Crippen molar-refractivity contribution < 1.29 is 72.9 Å². The molecule has 0 saturated carbocycles. The number of phenols is 1. The Morgan fingerprint density at radius 2 is 1.08 bits per heavy atom. The summed E-state index contributed by atoms with van der Waals surface area (Å²) in [6.45, 7) is 3.24. The lowest BCUT2D eigenvalue weighted by molar-refractivity contribution is -0.143. The smallest absolute Gasteiger partial charge is 0.305 e. The number of hydrogen-bond acceptors (Lipinski definition) is 14. The molecule has 1 aromatic rings. The maximum atomic E-state index is 14.3. The number of aliphatic carboxylic acids is 1. The van der Waals surface area contributed by atoms with Gasteiger partial charge in [-0.2, -0.15) is 0 Å². The summed E-state index contributed by atoms with van der Waals surface area (Å²) < 4.78 is 0. The number of aliphatic hydroxyl groups is 1. The van der Waals surface area contributed by atoms with Crippen molar-refractivity contribution in [2.45, 2.75) is 184 Å². The molecule has 2 fully saturated rings. The van der Waals surface area contributed by atoms with Gasteiger partial charge in [0.1, 0.15) is 48.0 Å². The van der Waals surface area contributed by atoms with Gasteiger partial charge in [0.25, 0.3) is 0 Å². The summed E-state index contributed by atoms with van der Waals surface area (Å²) in [5.74, 6) is -12.7. The fourth-order valence-corrected chi connectivity index (χ4v) is 8.89. The number of nitrogens with one attached hydrogen (secondary N) is 7. The third-order valence-corrected chi connectivity index (χ3v) is 12.9. The Morgan fingerprint density at radius 3 is 1.62 bits per heavy atom. The quantitative estimate of drug-likeness (QED) is 0.0516. The highest BCUT2D eigenvalue weighted by Gasteiger charge is 2.41. The molecular weight excluding hydrogens is 995 g/mol. The molecule has 2 heterocycles. The van der Waals surface area contributed by atoms with Gasteiger partial charge in [-0.1, -0.05) is 83.8 Å². The Hall–Kier alpha value is -7.38. The number of nitrogens with zero attached hydrogens (tertiary/aromatic N) is 1. The lowest BCUT2D eigenvalue weighted by Crippen LogP contribution is -2.60. The minimum Gasteiger partial charge on any atom is -0.508 e. The molecule has 3 rings (SSSR count). The van der Waals surface area contributed by atoms with Gasteiger partial charge >= 0.3 is 5.97 Å². The van der Waals surface area contributed by atoms with Crippen LogP contribution in [-0.4, -0.2) is 153 Å². The van der Waals surface area contributed by atoms with E-state index in [1.165, 1.54) is 24.3 Å². The van der Waals surface area contributed by atoms with Crippen LogP contribution in [0.4, 0.5) is 0 Å². The van der Waals surface area contributed by atoms with Crippen LogP contribution in [0.3, 0.4) is 0 Å². The van der Waals surface area contributed by atoms with E-state index in [1.54, 1.807) is 0 Å². The largest absolute Gasteiger partial charge is 0.508 e. The first-order chi connectivity index (χ1) is 36.0. The van der Waals surface area contributed by atoms with Crippen molar-refractivity contribution in [3.05, 3.63) is 29.8 Å². The normalized spacial score (nSPS) is 23.8. The molecule has 0 radical (unpaired) electrons. The Morgan fingerprint density at radius 1 is 0.592 bits per heavy atom. The highest BCUT2D eigenvalue weighted by molar-refractivity contribution is 6.00. The third-order valence-electron chi connectivity index (χ3n) is 12.9. The summed E-state index contributed by atoms with van der Waals surface area (Å²) in [6, 6.07) is -7.69. The Bertz CT molecular complexity index is 2210. The molecule has 16 N–H and O–H groups in total. The van der Waals surface area contributed by atoms with Crippen molar-refractivity contribution >= 4 is 70.9 Å². The Kier molecular flexibility index (Phi) is 26.6. The van der Waals surface area contributed by atoms with Crippen LogP contribution in [0.1, 0.15) is 135 Å². The van der Waals surface area contributed by atoms with Crippen LogP contribution in [0.5, 0.6) is 5.75 Å². The summed E-state index contributed by atoms with van der Waals surface area (Å²) in [6.07, 6.45) is 4.15. The van der Waals surface area contributed by atoms with E-state index in [-0.39, 0.29) is 38.0 Å². The highest BCUT2D eigenvalue weighted by Crippen LogP contribution is 2.21. The van der Waals surface area contributed by atoms with E-state index in [1.807, 2.05) is 0 Å². The summed E-state index contributed by atoms with van der Waals surface area (Å²) in [7, 11) is 0. The SMILES string of the molecule is CC(C)CCCCCCCCCCC1CC(=O)NC(CC(=O)O)C(=O)N[C@H](Cc2ccc(O)cc2)C(=O)NC(CC(N)=O)C(=O)NC(CCC(N)=O)C(=O)N2CCC[C@H]2C(=O)NC(CC(N)=O)C(=O)N[C@@H](CO)C(=O)N1. The van der Waals surface area contributed by atoms with Crippen molar-refractivity contribution in [1.29, 1.82) is 0 Å². The number of fused-ring (bicyclic) bond motifs is 1. The zero-order valence-electron chi connectivity index (χ0n) is 43.3. The lowest BCUT2D eigenvalue weighted by Gasteiger charge is -2.31. The standard InChI is InChI=1S/C50H77N11O15/c1-28(2)12-9-7-5-3-4-6-8-10-13-30-23-42(67)55-36(26-43(68)69)47(73)57-33(22-29-15-17-31(63)18-16-29)44(70)58-34(24-40(52)65)45(71)56-32(19-20-39(51)64)50(76)61-21-11-14-38(61)49(75)59-35(25-41(53)66)46(72)60-37(27-62)48(74)54-30/h15-18,28,30,32-38,62-63H,3-14,19-27H2,1-2H3,(H2,51,64)(H2,52,65)(H2,53,66)(H,54,74)(H,55,67)(H,56,71)(H,57,73)(H,58,70)(H,59,75)(H,60,72)(H,68,69)/t30?,32?,33-,34?,35?,36?,37+,38+/m1/s1. The number of carbonyl (C=O) groups is 12. The zero-order chi connectivity index (χ0) is 56.5. The summed E-state index contributed by atoms with van der Waals surface area (Å²) >= 11 is 0. The highest BCUT2D eigenvalue weighted by atomic mass is 16.4. The Balaban J connectivity index is 2.10. The van der Waals surface area contributed by atoms with E-state index in [0.29, 0.717) is 24.3 Å². The van der Waals surface area contributed by atoms with Crippen LogP contribution >= 0.6 is 0 Å². The molecular formula is C50H77N11O15. The molecule has 76 heavy (non-hydrogen) atoms. The van der Waals surface area contributed by atoms with Crippen LogP contribution in [0.2, 0.25) is 0 Å². The predicted molar refractivity (Wildman–Crippen MR) is 271 cm³/mol. The van der Waals surface area contributed by atoms with Crippen molar-refractivity contribution in [3.8, 4) is 5.75 Å². The average molecular weight is 1070 g/mol. The molecule has 26 heteroatoms. The van der Waals surface area contributed by atoms with Gasteiger partial charge < -0.3 is 74.6 Å². The number of primary amides is 3. The van der Waals surface area contributed by atoms with Crippen molar-refractivity contribution in [3.63, 3.8) is 0 Å². The van der Waals surface area contributed by atoms with Crippen molar-refractivity contribution in [2.24, 2.45) is 23.1 Å². The molecule has 0 bridgehead atoms. The topological polar surface area (TPSA) is 431 Å². The summed E-state index contributed by atoms with van der Waals surface area (Å²) in [4.78, 5) is 162. The van der Waals surface area contributed by atoms with Gasteiger partial charge in [0.2, 0.25) is 65.0 Å². The van der Waals surface area contributed by atoms with Crippen LogP contribution in [-0.2, 0) is 64.0 Å². The van der Waals surface area contributed by atoms with E-state index in [4.69, 9.17) is 17.2 Å². The second-order valence-electron chi connectivity index (χ2n) is 19.8. The minimum atomic E-state index is -1.88. The van der Waals surface area contributed by atoms with Crippen molar-refractivity contribution in [1.82, 2.24) is 42.1 Å². The van der Waals surface area contributed by atoms with Gasteiger partial charge in [-0.15, -0.1) is 0 Å². The van der Waals surface area contributed by atoms with Crippen LogP contribution < -0.4 is 54.4 Å². The molecule has 26 nitrogen and oxygen atoms in total. The third kappa shape index (κ3) is 22.6. The number of benzene rings is 1. The molecule has 2 aliphatic heterocycles. The second kappa shape index (κ2) is 32.1. The summed E-state index contributed by atoms with van der Waals surface area (Å²) in [5.41, 5.74) is 16.6. The number of unbranched alkanes of at least 4 members (excludes halogenated alkanes) is 7. The lowest BCUT2D eigenvalue weighted by atomic mass is 10.0. The van der Waals surface area contributed by atoms with Gasteiger partial charge in [0.15, 0.2) is 0 Å². The first kappa shape index (κ1) is 62.9. The average Bonchev–Trinajstić information content (AvgIpc) is 3.84. The molecule has 422 valence electrons. The number of carbonyl (C=O) groups excluding carboxylic acids is 11. The van der Waals surface area contributed by atoms with Crippen LogP contribution in [0, 0.1) is 5.92 Å². The molecule has 0 aliphatic carbocycles. The van der Waals surface area contributed by atoms with Gasteiger partial charge in [-0.05, 0) is 49.3 Å². The maximum Gasteiger partial charge on any atom is 0.305 e. The van der Waals surface area contributed by atoms with Crippen LogP contribution in [0.25, 0.3) is 0 Å². The van der Waals surface area contributed by atoms with Gasteiger partial charge in [-0.3, -0.25) is 57.5 Å². The molecule has 0 aromatic heterocycles. The minimum absolute atomic E-state index is 0.00410. The van der Waals surface area contributed by atoms with Crippen molar-refractivity contribution in [2.75, 3.05) is 13.2 Å². The molecule has 11 amide bonds. The first-order valence-corrected chi connectivity index (χ1v) is 25.8. The number of rotatable bonds is 23. The molecule has 2 saturated heterocycles. The zero-order valence-corrected chi connectivity index (χ0v) is 43.3. The second-order valence-corrected chi connectivity index (χ2v) is 19.8. The number of carboxylic acids is 1. The number of aromatic hydroxyl groups is 1. The molecule has 8 atom stereocenters. The number of amides is 11. The van der Waals surface area contributed by atoms with Gasteiger partial charge in [0.05, 0.1) is 25.9 Å². The van der Waals surface area contributed by atoms with E-state index < -0.39 is 164 Å². The number of hydrogen-bond donors (Lipinski definition) is 13. The van der Waals surface area contributed by atoms with E-state index >= 15 is 0 Å². The van der Waals surface area contributed by atoms with E-state index in [0.717, 1.165) is 49.8 Å². The summed E-state index contributed by atoms with van der Waals surface area (Å²) in [5, 5.41) is 46.9. The van der Waals surface area contributed by atoms with E-state index in [9.17, 15) is 72.9 Å². The van der Waals surface area contributed by atoms with E-state index in [2.05, 4.69) is 51.1 Å². The first-order valence-electron chi connectivity index (χ1n) is 25.8. The van der Waals surface area contributed by atoms with Gasteiger partial charge in [-0.25, -0.2) is 0 Å².